The van der Waals surface area contributed by atoms with E-state index >= 15 is 0 Å². The molecule has 8 heteroatoms. The Balaban J connectivity index is 1.74. The maximum Gasteiger partial charge on any atom is 0.226 e. The molecular formula is C23H20F3N3O2. The monoisotopic (exact) mass is 427 g/mol. The van der Waals surface area contributed by atoms with E-state index in [4.69, 9.17) is 0 Å². The van der Waals surface area contributed by atoms with E-state index in [1.165, 1.54) is 49.8 Å². The van der Waals surface area contributed by atoms with Crippen LogP contribution in [0, 0.1) is 17.6 Å². The molecule has 0 bridgehead atoms. The number of nitrogens with zero attached hydrogens (tertiary/aromatic N) is 3. The van der Waals surface area contributed by atoms with Gasteiger partial charge in [0.1, 0.15) is 5.69 Å². The van der Waals surface area contributed by atoms with Gasteiger partial charge in [-0.2, -0.15) is 4.39 Å². The third-order valence-electron chi connectivity index (χ3n) is 4.89. The van der Waals surface area contributed by atoms with Crippen molar-refractivity contribution < 1.29 is 22.8 Å². The van der Waals surface area contributed by atoms with Crippen molar-refractivity contribution in [3.8, 4) is 11.1 Å². The molecule has 160 valence electrons. The lowest BCUT2D eigenvalue weighted by atomic mass is 10.0. The maximum atomic E-state index is 14.6. The van der Waals surface area contributed by atoms with Crippen molar-refractivity contribution in [1.82, 2.24) is 9.97 Å². The summed E-state index contributed by atoms with van der Waals surface area (Å²) in [6.45, 7) is 1.63. The number of aromatic nitrogens is 2. The first-order valence-corrected chi connectivity index (χ1v) is 9.66. The molecule has 0 N–H and O–H groups in total. The summed E-state index contributed by atoms with van der Waals surface area (Å²) in [7, 11) is 1.38. The maximum absolute atomic E-state index is 14.6. The van der Waals surface area contributed by atoms with Crippen molar-refractivity contribution in [2.75, 3.05) is 11.9 Å². The van der Waals surface area contributed by atoms with E-state index < -0.39 is 17.6 Å². The number of Topliss-reactive ketones (excluding diaryl/α,β-unsaturated/α-hetero) is 1. The number of ketones is 1. The Morgan fingerprint density at radius 3 is 2.32 bits per heavy atom. The number of rotatable bonds is 7. The average Bonchev–Trinajstić information content (AvgIpc) is 2.79. The van der Waals surface area contributed by atoms with Gasteiger partial charge in [0.2, 0.25) is 11.9 Å². The second-order valence-corrected chi connectivity index (χ2v) is 6.91. The van der Waals surface area contributed by atoms with Crippen LogP contribution in [0.3, 0.4) is 0 Å². The number of benzene rings is 1. The van der Waals surface area contributed by atoms with Gasteiger partial charge in [0.25, 0.3) is 0 Å². The van der Waals surface area contributed by atoms with Crippen LogP contribution in [-0.4, -0.2) is 28.7 Å². The molecule has 0 spiro atoms. The van der Waals surface area contributed by atoms with Crippen LogP contribution in [0.2, 0.25) is 0 Å². The van der Waals surface area contributed by atoms with Crippen molar-refractivity contribution in [2.45, 2.75) is 26.2 Å². The van der Waals surface area contributed by atoms with Crippen molar-refractivity contribution >= 4 is 17.4 Å². The van der Waals surface area contributed by atoms with Crippen LogP contribution >= 0.6 is 0 Å². The van der Waals surface area contributed by atoms with Crippen LogP contribution < -0.4 is 4.90 Å². The minimum atomic E-state index is -1.13. The number of carbonyl (C=O) groups excluding carboxylic acids is 2. The first-order valence-electron chi connectivity index (χ1n) is 9.66. The van der Waals surface area contributed by atoms with Gasteiger partial charge in [-0.3, -0.25) is 14.6 Å². The predicted molar refractivity (Wildman–Crippen MR) is 110 cm³/mol. The zero-order valence-corrected chi connectivity index (χ0v) is 17.0. The van der Waals surface area contributed by atoms with Crippen LogP contribution in [0.1, 0.15) is 35.8 Å². The van der Waals surface area contributed by atoms with Gasteiger partial charge in [0, 0.05) is 43.4 Å². The van der Waals surface area contributed by atoms with Gasteiger partial charge in [-0.25, -0.2) is 13.8 Å². The summed E-state index contributed by atoms with van der Waals surface area (Å²) in [6, 6.07) is 8.40. The van der Waals surface area contributed by atoms with Crippen LogP contribution in [0.15, 0.2) is 48.8 Å². The van der Waals surface area contributed by atoms with E-state index in [9.17, 15) is 22.8 Å². The van der Waals surface area contributed by atoms with Gasteiger partial charge in [-0.1, -0.05) is 19.1 Å². The quantitative estimate of drug-likeness (QED) is 0.403. The van der Waals surface area contributed by atoms with Crippen LogP contribution in [-0.2, 0) is 11.2 Å². The van der Waals surface area contributed by atoms with E-state index in [-0.39, 0.29) is 41.5 Å². The summed E-state index contributed by atoms with van der Waals surface area (Å²) in [5, 5.41) is 0. The Labute approximate surface area is 177 Å². The molecule has 0 aliphatic carbocycles. The molecule has 0 aliphatic heterocycles. The molecule has 5 nitrogen and oxygen atoms in total. The van der Waals surface area contributed by atoms with Crippen molar-refractivity contribution in [3.05, 3.63) is 77.6 Å². The topological polar surface area (TPSA) is 63.2 Å². The number of hydrogen-bond acceptors (Lipinski definition) is 4. The SMILES string of the molecule is CCC(=O)N(C)c1ccc(-c2ccc(C(=O)CCc3ccc(F)nc3)nc2)c(F)c1F. The second kappa shape index (κ2) is 9.51. The summed E-state index contributed by atoms with van der Waals surface area (Å²) in [5.41, 5.74) is 1.03. The molecular weight excluding hydrogens is 407 g/mol. The Morgan fingerprint density at radius 2 is 1.71 bits per heavy atom. The summed E-state index contributed by atoms with van der Waals surface area (Å²) >= 11 is 0. The lowest BCUT2D eigenvalue weighted by Crippen LogP contribution is -2.26. The molecule has 0 saturated heterocycles. The molecule has 1 amide bonds. The van der Waals surface area contributed by atoms with E-state index in [0.717, 1.165) is 10.5 Å². The number of halogens is 3. The molecule has 0 aliphatic rings. The van der Waals surface area contributed by atoms with Gasteiger partial charge in [0.15, 0.2) is 17.4 Å². The number of pyridine rings is 2. The Bertz CT molecular complexity index is 1100. The van der Waals surface area contributed by atoms with E-state index in [0.29, 0.717) is 12.0 Å². The molecule has 0 radical (unpaired) electrons. The highest BCUT2D eigenvalue weighted by Crippen LogP contribution is 2.30. The lowest BCUT2D eigenvalue weighted by molar-refractivity contribution is -0.118. The molecule has 0 atom stereocenters. The standard InChI is InChI=1S/C23H20F3N3O2/c1-3-21(31)29(2)18-9-7-16(22(25)23(18)26)15-6-8-17(27-13-15)19(30)10-4-14-5-11-20(24)28-12-14/h5-9,11-13H,3-4,10H2,1-2H3. The fraction of sp³-hybridized carbons (Fsp3) is 0.217. The molecule has 2 heterocycles. The highest BCUT2D eigenvalue weighted by atomic mass is 19.2. The normalized spacial score (nSPS) is 10.7. The molecule has 3 rings (SSSR count). The zero-order valence-electron chi connectivity index (χ0n) is 17.0. The summed E-state index contributed by atoms with van der Waals surface area (Å²) < 4.78 is 42.0. The number of hydrogen-bond donors (Lipinski definition) is 0. The number of carbonyl (C=O) groups is 2. The van der Waals surface area contributed by atoms with Gasteiger partial charge in [0.05, 0.1) is 5.69 Å². The summed E-state index contributed by atoms with van der Waals surface area (Å²) in [6.07, 6.45) is 3.35. The zero-order chi connectivity index (χ0) is 22.5. The molecule has 0 unspecified atom stereocenters. The molecule has 1 aromatic carbocycles. The van der Waals surface area contributed by atoms with Crippen molar-refractivity contribution in [3.63, 3.8) is 0 Å². The molecule has 0 saturated carbocycles. The highest BCUT2D eigenvalue weighted by Gasteiger charge is 2.20. The lowest BCUT2D eigenvalue weighted by Gasteiger charge is -2.18. The van der Waals surface area contributed by atoms with Gasteiger partial charge in [-0.15, -0.1) is 0 Å². The first-order chi connectivity index (χ1) is 14.8. The average molecular weight is 427 g/mol. The molecule has 0 fully saturated rings. The van der Waals surface area contributed by atoms with Crippen molar-refractivity contribution in [2.24, 2.45) is 0 Å². The Hall–Kier alpha value is -3.55. The molecule has 2 aromatic heterocycles. The largest absolute Gasteiger partial charge is 0.313 e. The second-order valence-electron chi connectivity index (χ2n) is 6.91. The fourth-order valence-electron chi connectivity index (χ4n) is 3.05. The first kappa shape index (κ1) is 22.1. The number of amides is 1. The summed E-state index contributed by atoms with van der Waals surface area (Å²) in [5.74, 6) is -3.40. The van der Waals surface area contributed by atoms with Gasteiger partial charge in [-0.05, 0) is 36.2 Å². The van der Waals surface area contributed by atoms with Gasteiger partial charge >= 0.3 is 0 Å². The molecule has 3 aromatic rings. The van der Waals surface area contributed by atoms with E-state index in [2.05, 4.69) is 9.97 Å². The third-order valence-corrected chi connectivity index (χ3v) is 4.89. The smallest absolute Gasteiger partial charge is 0.226 e. The van der Waals surface area contributed by atoms with Gasteiger partial charge < -0.3 is 4.90 Å². The number of anilines is 1. The van der Waals surface area contributed by atoms with E-state index in [1.807, 2.05) is 0 Å². The predicted octanol–water partition coefficient (Wildman–Crippen LogP) is 4.75. The Kier molecular flexibility index (Phi) is 6.79. The third kappa shape index (κ3) is 4.96. The minimum absolute atomic E-state index is 0.0255. The Morgan fingerprint density at radius 1 is 0.935 bits per heavy atom. The minimum Gasteiger partial charge on any atom is -0.313 e. The number of aryl methyl sites for hydroxylation is 1. The summed E-state index contributed by atoms with van der Waals surface area (Å²) in [4.78, 5) is 32.8. The molecule has 31 heavy (non-hydrogen) atoms. The fourth-order valence-corrected chi connectivity index (χ4v) is 3.05. The van der Waals surface area contributed by atoms with E-state index in [1.54, 1.807) is 13.0 Å². The van der Waals surface area contributed by atoms with Crippen LogP contribution in [0.5, 0.6) is 0 Å². The van der Waals surface area contributed by atoms with Crippen LogP contribution in [0.25, 0.3) is 11.1 Å². The highest BCUT2D eigenvalue weighted by molar-refractivity contribution is 5.95. The van der Waals surface area contributed by atoms with Crippen LogP contribution in [0.4, 0.5) is 18.9 Å². The van der Waals surface area contributed by atoms with Crippen molar-refractivity contribution in [1.29, 1.82) is 0 Å².